The van der Waals surface area contributed by atoms with E-state index in [1.807, 2.05) is 13.8 Å². The zero-order chi connectivity index (χ0) is 15.3. The van der Waals surface area contributed by atoms with Gasteiger partial charge in [0.2, 0.25) is 10.0 Å². The van der Waals surface area contributed by atoms with Crippen LogP contribution in [0.25, 0.3) is 0 Å². The summed E-state index contributed by atoms with van der Waals surface area (Å²) in [6.07, 6.45) is 1.85. The smallest absolute Gasteiger partial charge is 0.352 e. The third-order valence-electron chi connectivity index (χ3n) is 3.27. The fourth-order valence-electron chi connectivity index (χ4n) is 1.93. The summed E-state index contributed by atoms with van der Waals surface area (Å²) in [7, 11) is -3.82. The number of hydrogen-bond donors (Lipinski definition) is 4. The number of hydrogen-bond acceptors (Lipinski definition) is 4. The lowest BCUT2D eigenvalue weighted by atomic mass is 9.97. The number of H-pyrrole nitrogens is 1. The molecule has 1 heterocycles. The molecular formula is C12H20N2O5S. The van der Waals surface area contributed by atoms with Gasteiger partial charge in [-0.3, -0.25) is 0 Å². The van der Waals surface area contributed by atoms with Gasteiger partial charge in [-0.05, 0) is 12.0 Å². The van der Waals surface area contributed by atoms with Crippen LogP contribution in [0.1, 0.15) is 37.2 Å². The zero-order valence-corrected chi connectivity index (χ0v) is 12.3. The van der Waals surface area contributed by atoms with E-state index in [0.29, 0.717) is 0 Å². The Hall–Kier alpha value is -1.38. The van der Waals surface area contributed by atoms with E-state index in [-0.39, 0.29) is 23.1 Å². The first-order chi connectivity index (χ1) is 9.31. The van der Waals surface area contributed by atoms with Gasteiger partial charge in [-0.15, -0.1) is 0 Å². The van der Waals surface area contributed by atoms with Gasteiger partial charge >= 0.3 is 5.97 Å². The maximum absolute atomic E-state index is 11.9. The number of aliphatic hydroxyl groups excluding tert-OH is 1. The van der Waals surface area contributed by atoms with Crippen LogP contribution in [0, 0.1) is 5.92 Å². The maximum Gasteiger partial charge on any atom is 0.352 e. The Kier molecular flexibility index (Phi) is 5.73. The standard InChI is InChI=1S/C12H20N2O5S/c1-3-8(4-2)11(15)7-14-20(18,19)9-5-10(12(16)17)13-6-9/h5-6,8,11,13-15H,3-4,7H2,1-2H3,(H,16,17). The Morgan fingerprint density at radius 2 is 2.00 bits per heavy atom. The number of aromatic nitrogens is 1. The minimum Gasteiger partial charge on any atom is -0.477 e. The molecule has 0 saturated heterocycles. The first-order valence-electron chi connectivity index (χ1n) is 6.41. The SMILES string of the molecule is CCC(CC)C(O)CNS(=O)(=O)c1c[nH]c(C(=O)O)c1. The van der Waals surface area contributed by atoms with Crippen LogP contribution in [0.3, 0.4) is 0 Å². The predicted octanol–water partition coefficient (Wildman–Crippen LogP) is 0.788. The van der Waals surface area contributed by atoms with Gasteiger partial charge in [0.1, 0.15) is 10.6 Å². The molecule has 20 heavy (non-hydrogen) atoms. The van der Waals surface area contributed by atoms with E-state index >= 15 is 0 Å². The van der Waals surface area contributed by atoms with Crippen LogP contribution in [0.2, 0.25) is 0 Å². The summed E-state index contributed by atoms with van der Waals surface area (Å²) in [5, 5.41) is 18.6. The van der Waals surface area contributed by atoms with Gasteiger partial charge in [-0.25, -0.2) is 17.9 Å². The number of nitrogens with one attached hydrogen (secondary N) is 2. The quantitative estimate of drug-likeness (QED) is 0.566. The van der Waals surface area contributed by atoms with Crippen LogP contribution in [0.5, 0.6) is 0 Å². The first-order valence-corrected chi connectivity index (χ1v) is 7.89. The number of aromatic carboxylic acids is 1. The molecular weight excluding hydrogens is 284 g/mol. The molecule has 0 fully saturated rings. The van der Waals surface area contributed by atoms with Crippen molar-refractivity contribution in [2.45, 2.75) is 37.7 Å². The molecule has 0 radical (unpaired) electrons. The van der Waals surface area contributed by atoms with Crippen molar-refractivity contribution in [2.75, 3.05) is 6.54 Å². The highest BCUT2D eigenvalue weighted by Crippen LogP contribution is 2.14. The molecule has 0 bridgehead atoms. The minimum absolute atomic E-state index is 0.0264. The number of carboxylic acids is 1. The molecule has 1 aromatic rings. The van der Waals surface area contributed by atoms with Gasteiger partial charge in [-0.1, -0.05) is 26.7 Å². The van der Waals surface area contributed by atoms with E-state index in [1.54, 1.807) is 0 Å². The van der Waals surface area contributed by atoms with Crippen molar-refractivity contribution in [2.24, 2.45) is 5.92 Å². The van der Waals surface area contributed by atoms with Crippen LogP contribution in [0.15, 0.2) is 17.2 Å². The van der Waals surface area contributed by atoms with Gasteiger partial charge in [0, 0.05) is 12.7 Å². The average molecular weight is 304 g/mol. The van der Waals surface area contributed by atoms with E-state index in [9.17, 15) is 18.3 Å². The largest absolute Gasteiger partial charge is 0.477 e. The molecule has 0 saturated carbocycles. The highest BCUT2D eigenvalue weighted by Gasteiger charge is 2.21. The number of rotatable bonds is 8. The topological polar surface area (TPSA) is 119 Å². The third-order valence-corrected chi connectivity index (χ3v) is 4.68. The van der Waals surface area contributed by atoms with Gasteiger partial charge in [0.15, 0.2) is 0 Å². The number of aliphatic hydroxyl groups is 1. The molecule has 0 aliphatic heterocycles. The number of carboxylic acid groups (broad SMARTS) is 1. The minimum atomic E-state index is -3.82. The number of carbonyl (C=O) groups is 1. The third kappa shape index (κ3) is 4.06. The Bertz CT molecular complexity index is 548. The maximum atomic E-state index is 11.9. The molecule has 8 heteroatoms. The summed E-state index contributed by atoms with van der Waals surface area (Å²) < 4.78 is 26.2. The van der Waals surface area contributed by atoms with Gasteiger partial charge in [0.25, 0.3) is 0 Å². The first kappa shape index (κ1) is 16.7. The highest BCUT2D eigenvalue weighted by molar-refractivity contribution is 7.89. The van der Waals surface area contributed by atoms with Crippen LogP contribution in [-0.4, -0.2) is 42.2 Å². The van der Waals surface area contributed by atoms with Gasteiger partial charge in [0.05, 0.1) is 6.10 Å². The molecule has 0 amide bonds. The zero-order valence-electron chi connectivity index (χ0n) is 11.5. The van der Waals surface area contributed by atoms with Gasteiger partial charge in [-0.2, -0.15) is 0 Å². The predicted molar refractivity (Wildman–Crippen MR) is 73.0 cm³/mol. The molecule has 4 N–H and O–H groups in total. The molecule has 1 rings (SSSR count). The normalized spacial score (nSPS) is 13.6. The summed E-state index contributed by atoms with van der Waals surface area (Å²) in [5.74, 6) is -1.21. The van der Waals surface area contributed by atoms with E-state index in [1.165, 1.54) is 0 Å². The summed E-state index contributed by atoms with van der Waals surface area (Å²) in [6.45, 7) is 3.76. The lowest BCUT2D eigenvalue weighted by molar-refractivity contribution is 0.0691. The second-order valence-corrected chi connectivity index (χ2v) is 6.32. The molecule has 7 nitrogen and oxygen atoms in total. The molecule has 0 aromatic carbocycles. The van der Waals surface area contributed by atoms with Crippen molar-refractivity contribution in [3.05, 3.63) is 18.0 Å². The second-order valence-electron chi connectivity index (χ2n) is 4.55. The highest BCUT2D eigenvalue weighted by atomic mass is 32.2. The Morgan fingerprint density at radius 1 is 1.40 bits per heavy atom. The van der Waals surface area contributed by atoms with Crippen molar-refractivity contribution in [1.29, 1.82) is 0 Å². The van der Waals surface area contributed by atoms with Crippen LogP contribution in [-0.2, 0) is 10.0 Å². The molecule has 0 spiro atoms. The lowest BCUT2D eigenvalue weighted by Gasteiger charge is -2.20. The summed E-state index contributed by atoms with van der Waals surface area (Å²) in [4.78, 5) is 12.9. The van der Waals surface area contributed by atoms with Crippen molar-refractivity contribution in [3.63, 3.8) is 0 Å². The fraction of sp³-hybridized carbons (Fsp3) is 0.583. The average Bonchev–Trinajstić information content (AvgIpc) is 2.88. The molecule has 1 atom stereocenters. The molecule has 0 aliphatic rings. The summed E-state index contributed by atoms with van der Waals surface area (Å²) in [5.41, 5.74) is -0.203. The molecule has 0 aliphatic carbocycles. The summed E-state index contributed by atoms with van der Waals surface area (Å²) >= 11 is 0. The van der Waals surface area contributed by atoms with Crippen molar-refractivity contribution in [1.82, 2.24) is 9.71 Å². The van der Waals surface area contributed by atoms with Crippen molar-refractivity contribution < 1.29 is 23.4 Å². The van der Waals surface area contributed by atoms with Crippen LogP contribution in [0.4, 0.5) is 0 Å². The monoisotopic (exact) mass is 304 g/mol. The summed E-state index contributed by atoms with van der Waals surface area (Å²) in [6, 6.07) is 1.04. The fourth-order valence-corrected chi connectivity index (χ4v) is 2.97. The van der Waals surface area contributed by atoms with Gasteiger partial charge < -0.3 is 15.2 Å². The Labute approximate surface area is 118 Å². The Balaban J connectivity index is 2.72. The van der Waals surface area contributed by atoms with Crippen molar-refractivity contribution >= 4 is 16.0 Å². The van der Waals surface area contributed by atoms with E-state index in [4.69, 9.17) is 5.11 Å². The van der Waals surface area contributed by atoms with Crippen LogP contribution < -0.4 is 4.72 Å². The van der Waals surface area contributed by atoms with E-state index < -0.39 is 22.1 Å². The van der Waals surface area contributed by atoms with Crippen LogP contribution >= 0.6 is 0 Å². The molecule has 114 valence electrons. The second kappa shape index (κ2) is 6.87. The number of sulfonamides is 1. The molecule has 1 unspecified atom stereocenters. The lowest BCUT2D eigenvalue weighted by Crippen LogP contribution is -2.35. The Morgan fingerprint density at radius 3 is 2.45 bits per heavy atom. The van der Waals surface area contributed by atoms with E-state index in [0.717, 1.165) is 25.1 Å². The van der Waals surface area contributed by atoms with Crippen molar-refractivity contribution in [3.8, 4) is 0 Å². The number of aromatic amines is 1. The molecule has 1 aromatic heterocycles. The van der Waals surface area contributed by atoms with E-state index in [2.05, 4.69) is 9.71 Å².